The molecule has 2 aliphatic heterocycles. The quantitative estimate of drug-likeness (QED) is 0.798. The topological polar surface area (TPSA) is 50.4 Å². The highest BCUT2D eigenvalue weighted by Crippen LogP contribution is 2.42. The van der Waals surface area contributed by atoms with E-state index in [1.54, 1.807) is 13.2 Å². The number of anilines is 1. The number of benzene rings is 1. The number of fused-ring (bicyclic) bond motifs is 3. The number of methoxy groups -OCH3 is 1. The Balaban J connectivity index is 2.12. The maximum absolute atomic E-state index is 11.9. The monoisotopic (exact) mass is 252 g/mol. The molecule has 1 amide bonds. The summed E-state index contributed by atoms with van der Waals surface area (Å²) >= 11 is 6.06. The van der Waals surface area contributed by atoms with Gasteiger partial charge in [0.1, 0.15) is 5.75 Å². The zero-order valence-corrected chi connectivity index (χ0v) is 10.2. The number of amides is 1. The minimum absolute atomic E-state index is 0.0216. The van der Waals surface area contributed by atoms with Gasteiger partial charge in [-0.25, -0.2) is 0 Å². The Kier molecular flexibility index (Phi) is 2.49. The molecule has 0 aromatic heterocycles. The summed E-state index contributed by atoms with van der Waals surface area (Å²) in [5, 5.41) is 6.68. The van der Waals surface area contributed by atoms with Crippen LogP contribution in [0.1, 0.15) is 11.5 Å². The summed E-state index contributed by atoms with van der Waals surface area (Å²) in [6.07, 6.45) is 0. The highest BCUT2D eigenvalue weighted by atomic mass is 35.5. The maximum Gasteiger partial charge on any atom is 0.229 e. The number of rotatable bonds is 1. The third kappa shape index (κ3) is 1.59. The summed E-state index contributed by atoms with van der Waals surface area (Å²) in [6.45, 7) is 1.57. The summed E-state index contributed by atoms with van der Waals surface area (Å²) in [4.78, 5) is 11.9. The summed E-state index contributed by atoms with van der Waals surface area (Å²) in [5.74, 6) is 0.985. The molecule has 2 atom stereocenters. The van der Waals surface area contributed by atoms with Gasteiger partial charge in [0.15, 0.2) is 0 Å². The molecule has 1 saturated heterocycles. The Bertz CT molecular complexity index is 490. The van der Waals surface area contributed by atoms with Crippen LogP contribution in [0.3, 0.4) is 0 Å². The lowest BCUT2D eigenvalue weighted by Crippen LogP contribution is -2.32. The number of ether oxygens (including phenoxy) is 1. The second-order valence-electron chi connectivity index (χ2n) is 4.43. The first-order valence-corrected chi connectivity index (χ1v) is 5.97. The molecule has 0 radical (unpaired) electrons. The van der Waals surface area contributed by atoms with Gasteiger partial charge >= 0.3 is 0 Å². The molecule has 4 nitrogen and oxygen atoms in total. The molecular weight excluding hydrogens is 240 g/mol. The number of carbonyl (C=O) groups is 1. The first kappa shape index (κ1) is 10.9. The van der Waals surface area contributed by atoms with Crippen LogP contribution in [-0.4, -0.2) is 26.1 Å². The van der Waals surface area contributed by atoms with Gasteiger partial charge in [0.2, 0.25) is 5.91 Å². The van der Waals surface area contributed by atoms with Crippen molar-refractivity contribution in [1.29, 1.82) is 0 Å². The van der Waals surface area contributed by atoms with Crippen molar-refractivity contribution in [3.63, 3.8) is 0 Å². The van der Waals surface area contributed by atoms with Crippen LogP contribution >= 0.6 is 11.6 Å². The van der Waals surface area contributed by atoms with Crippen LogP contribution < -0.4 is 15.4 Å². The molecule has 1 aromatic carbocycles. The SMILES string of the molecule is COc1cc2c(cc1Cl)NC(=O)C1CNCC21. The summed E-state index contributed by atoms with van der Waals surface area (Å²) < 4.78 is 5.22. The van der Waals surface area contributed by atoms with Gasteiger partial charge in [0.05, 0.1) is 18.1 Å². The van der Waals surface area contributed by atoms with E-state index >= 15 is 0 Å². The van der Waals surface area contributed by atoms with E-state index in [0.717, 1.165) is 24.3 Å². The van der Waals surface area contributed by atoms with Crippen LogP contribution in [0.5, 0.6) is 5.75 Å². The van der Waals surface area contributed by atoms with E-state index in [-0.39, 0.29) is 17.7 Å². The number of carbonyl (C=O) groups excluding carboxylic acids is 1. The largest absolute Gasteiger partial charge is 0.495 e. The van der Waals surface area contributed by atoms with Crippen molar-refractivity contribution >= 4 is 23.2 Å². The summed E-state index contributed by atoms with van der Waals surface area (Å²) in [7, 11) is 1.60. The highest BCUT2D eigenvalue weighted by Gasteiger charge is 2.39. The van der Waals surface area contributed by atoms with E-state index < -0.39 is 0 Å². The molecule has 3 rings (SSSR count). The highest BCUT2D eigenvalue weighted by molar-refractivity contribution is 6.32. The Labute approximate surface area is 104 Å². The van der Waals surface area contributed by atoms with Gasteiger partial charge in [-0.2, -0.15) is 0 Å². The molecule has 1 aromatic rings. The second-order valence-corrected chi connectivity index (χ2v) is 4.84. The third-order valence-electron chi connectivity index (χ3n) is 3.53. The van der Waals surface area contributed by atoms with Crippen molar-refractivity contribution in [3.8, 4) is 5.75 Å². The number of halogens is 1. The van der Waals surface area contributed by atoms with Crippen molar-refractivity contribution in [2.75, 3.05) is 25.5 Å². The molecule has 1 fully saturated rings. The molecule has 0 bridgehead atoms. The molecule has 5 heteroatoms. The molecule has 0 saturated carbocycles. The number of nitrogens with one attached hydrogen (secondary N) is 2. The first-order chi connectivity index (χ1) is 8.20. The first-order valence-electron chi connectivity index (χ1n) is 5.59. The van der Waals surface area contributed by atoms with Crippen molar-refractivity contribution in [2.24, 2.45) is 5.92 Å². The standard InChI is InChI=1S/C12H13ClN2O2/c1-17-11-2-6-7-4-14-5-8(7)12(16)15-10(6)3-9(11)13/h2-3,7-8,14H,4-5H2,1H3,(H,15,16). The lowest BCUT2D eigenvalue weighted by molar-refractivity contribution is -0.120. The fourth-order valence-electron chi connectivity index (χ4n) is 2.65. The minimum atomic E-state index is 0.0216. The second kappa shape index (κ2) is 3.89. The normalized spacial score (nSPS) is 26.1. The Morgan fingerprint density at radius 2 is 2.12 bits per heavy atom. The predicted octanol–water partition coefficient (Wildman–Crippen LogP) is 1.60. The molecule has 0 spiro atoms. The fraction of sp³-hybridized carbons (Fsp3) is 0.417. The predicted molar refractivity (Wildman–Crippen MR) is 65.7 cm³/mol. The lowest BCUT2D eigenvalue weighted by Gasteiger charge is -2.28. The Morgan fingerprint density at radius 3 is 2.88 bits per heavy atom. The van der Waals surface area contributed by atoms with Crippen LogP contribution in [0.4, 0.5) is 5.69 Å². The maximum atomic E-state index is 11.9. The van der Waals surface area contributed by atoms with E-state index in [9.17, 15) is 4.79 Å². The van der Waals surface area contributed by atoms with Gasteiger partial charge in [0.25, 0.3) is 0 Å². The molecule has 2 aliphatic rings. The Hall–Kier alpha value is -1.26. The molecule has 2 heterocycles. The van der Waals surface area contributed by atoms with E-state index in [4.69, 9.17) is 16.3 Å². The van der Waals surface area contributed by atoms with Crippen LogP contribution in [0.2, 0.25) is 5.02 Å². The van der Waals surface area contributed by atoms with E-state index in [1.807, 2.05) is 6.07 Å². The molecule has 0 aliphatic carbocycles. The van der Waals surface area contributed by atoms with Gasteiger partial charge < -0.3 is 15.4 Å². The smallest absolute Gasteiger partial charge is 0.229 e. The minimum Gasteiger partial charge on any atom is -0.495 e. The van der Waals surface area contributed by atoms with Crippen molar-refractivity contribution in [3.05, 3.63) is 22.7 Å². The zero-order valence-electron chi connectivity index (χ0n) is 9.42. The molecule has 2 unspecified atom stereocenters. The molecule has 17 heavy (non-hydrogen) atoms. The molecular formula is C12H13ClN2O2. The molecule has 90 valence electrons. The average Bonchev–Trinajstić information content (AvgIpc) is 2.78. The van der Waals surface area contributed by atoms with Crippen LogP contribution in [0.25, 0.3) is 0 Å². The average molecular weight is 253 g/mol. The van der Waals surface area contributed by atoms with Gasteiger partial charge in [0, 0.05) is 24.7 Å². The molecule has 2 N–H and O–H groups in total. The van der Waals surface area contributed by atoms with Crippen LogP contribution in [0, 0.1) is 5.92 Å². The van der Waals surface area contributed by atoms with Crippen LogP contribution in [0.15, 0.2) is 12.1 Å². The van der Waals surface area contributed by atoms with Gasteiger partial charge in [-0.3, -0.25) is 4.79 Å². The van der Waals surface area contributed by atoms with E-state index in [1.165, 1.54) is 0 Å². The van der Waals surface area contributed by atoms with E-state index in [2.05, 4.69) is 10.6 Å². The number of hydrogen-bond donors (Lipinski definition) is 2. The van der Waals surface area contributed by atoms with Crippen molar-refractivity contribution in [2.45, 2.75) is 5.92 Å². The van der Waals surface area contributed by atoms with Crippen molar-refractivity contribution in [1.82, 2.24) is 5.32 Å². The summed E-state index contributed by atoms with van der Waals surface area (Å²) in [6, 6.07) is 3.70. The lowest BCUT2D eigenvalue weighted by atomic mass is 9.84. The van der Waals surface area contributed by atoms with Gasteiger partial charge in [-0.05, 0) is 17.7 Å². The summed E-state index contributed by atoms with van der Waals surface area (Å²) in [5.41, 5.74) is 1.92. The zero-order chi connectivity index (χ0) is 12.0. The van der Waals surface area contributed by atoms with Gasteiger partial charge in [-0.15, -0.1) is 0 Å². The van der Waals surface area contributed by atoms with E-state index in [0.29, 0.717) is 10.8 Å². The van der Waals surface area contributed by atoms with Crippen molar-refractivity contribution < 1.29 is 9.53 Å². The third-order valence-corrected chi connectivity index (χ3v) is 3.83. The van der Waals surface area contributed by atoms with Crippen LogP contribution in [-0.2, 0) is 4.79 Å². The van der Waals surface area contributed by atoms with Gasteiger partial charge in [-0.1, -0.05) is 11.6 Å². The Morgan fingerprint density at radius 1 is 1.35 bits per heavy atom. The fourth-order valence-corrected chi connectivity index (χ4v) is 2.89. The number of hydrogen-bond acceptors (Lipinski definition) is 3.